The lowest BCUT2D eigenvalue weighted by molar-refractivity contribution is 0.496. The Labute approximate surface area is 100 Å². The second-order valence-electron chi connectivity index (χ2n) is 5.02. The quantitative estimate of drug-likeness (QED) is 0.764. The molecule has 0 saturated heterocycles. The van der Waals surface area contributed by atoms with Crippen molar-refractivity contribution in [3.8, 4) is 0 Å². The zero-order valence-corrected chi connectivity index (χ0v) is 11.1. The Morgan fingerprint density at radius 3 is 2.19 bits per heavy atom. The zero-order valence-electron chi connectivity index (χ0n) is 11.1. The maximum absolute atomic E-state index is 3.55. The summed E-state index contributed by atoms with van der Waals surface area (Å²) in [6, 6.07) is 9.48. The molecule has 1 rings (SSSR count). The average Bonchev–Trinajstić information content (AvgIpc) is 2.27. The monoisotopic (exact) mass is 219 g/mol. The van der Waals surface area contributed by atoms with Crippen molar-refractivity contribution in [2.24, 2.45) is 5.92 Å². The van der Waals surface area contributed by atoms with Gasteiger partial charge >= 0.3 is 0 Å². The van der Waals surface area contributed by atoms with Crippen LogP contribution in [0, 0.1) is 5.92 Å². The first kappa shape index (κ1) is 13.2. The van der Waals surface area contributed by atoms with Gasteiger partial charge in [0.2, 0.25) is 0 Å². The van der Waals surface area contributed by atoms with E-state index >= 15 is 0 Å². The van der Waals surface area contributed by atoms with E-state index in [4.69, 9.17) is 0 Å². The van der Waals surface area contributed by atoms with Gasteiger partial charge in [-0.05, 0) is 36.9 Å². The van der Waals surface area contributed by atoms with Gasteiger partial charge in [0.1, 0.15) is 0 Å². The van der Waals surface area contributed by atoms with Crippen molar-refractivity contribution >= 4 is 0 Å². The molecule has 16 heavy (non-hydrogen) atoms. The van der Waals surface area contributed by atoms with Crippen LogP contribution in [0.2, 0.25) is 0 Å². The van der Waals surface area contributed by atoms with Crippen LogP contribution in [-0.4, -0.2) is 6.54 Å². The van der Waals surface area contributed by atoms with Crippen LogP contribution in [0.4, 0.5) is 0 Å². The highest BCUT2D eigenvalue weighted by Gasteiger charge is 2.05. The van der Waals surface area contributed by atoms with Gasteiger partial charge in [-0.25, -0.2) is 0 Å². The van der Waals surface area contributed by atoms with Gasteiger partial charge in [0.05, 0.1) is 0 Å². The molecule has 90 valence electrons. The second-order valence-corrected chi connectivity index (χ2v) is 5.02. The third-order valence-electron chi connectivity index (χ3n) is 2.85. The Morgan fingerprint density at radius 2 is 1.69 bits per heavy atom. The molecule has 0 bridgehead atoms. The average molecular weight is 219 g/mol. The predicted molar refractivity (Wildman–Crippen MR) is 71.7 cm³/mol. The summed E-state index contributed by atoms with van der Waals surface area (Å²) in [5.74, 6) is 0.710. The first-order valence-corrected chi connectivity index (χ1v) is 6.45. The van der Waals surface area contributed by atoms with E-state index in [1.807, 2.05) is 0 Å². The fourth-order valence-electron chi connectivity index (χ4n) is 1.79. The van der Waals surface area contributed by atoms with Gasteiger partial charge in [0, 0.05) is 6.04 Å². The van der Waals surface area contributed by atoms with E-state index in [2.05, 4.69) is 57.3 Å². The Hall–Kier alpha value is -0.820. The maximum atomic E-state index is 3.55. The van der Waals surface area contributed by atoms with E-state index < -0.39 is 0 Å². The van der Waals surface area contributed by atoms with Crippen LogP contribution < -0.4 is 5.32 Å². The summed E-state index contributed by atoms with van der Waals surface area (Å²) in [6.07, 6.45) is 2.41. The normalized spacial score (nSPS) is 13.1. The zero-order chi connectivity index (χ0) is 12.0. The molecule has 1 unspecified atom stereocenters. The van der Waals surface area contributed by atoms with Gasteiger partial charge < -0.3 is 5.32 Å². The van der Waals surface area contributed by atoms with Crippen LogP contribution >= 0.6 is 0 Å². The van der Waals surface area contributed by atoms with E-state index in [0.29, 0.717) is 12.0 Å². The Kier molecular flexibility index (Phi) is 5.54. The first-order valence-electron chi connectivity index (χ1n) is 6.45. The summed E-state index contributed by atoms with van der Waals surface area (Å²) in [5, 5.41) is 3.55. The van der Waals surface area contributed by atoms with E-state index in [-0.39, 0.29) is 0 Å². The van der Waals surface area contributed by atoms with E-state index in [1.54, 1.807) is 0 Å². The van der Waals surface area contributed by atoms with Crippen molar-refractivity contribution in [3.63, 3.8) is 0 Å². The van der Waals surface area contributed by atoms with Crippen LogP contribution in [0.25, 0.3) is 0 Å². The largest absolute Gasteiger partial charge is 0.310 e. The van der Waals surface area contributed by atoms with Crippen molar-refractivity contribution in [1.29, 1.82) is 0 Å². The molecule has 1 N–H and O–H groups in total. The fourth-order valence-corrected chi connectivity index (χ4v) is 1.79. The highest BCUT2D eigenvalue weighted by atomic mass is 14.9. The molecule has 1 aromatic rings. The molecule has 0 radical (unpaired) electrons. The summed E-state index contributed by atoms with van der Waals surface area (Å²) in [5.41, 5.74) is 2.84. The molecular weight excluding hydrogens is 194 g/mol. The third kappa shape index (κ3) is 4.36. The van der Waals surface area contributed by atoms with Crippen molar-refractivity contribution in [3.05, 3.63) is 35.4 Å². The van der Waals surface area contributed by atoms with E-state index in [0.717, 1.165) is 6.54 Å². The lowest BCUT2D eigenvalue weighted by Gasteiger charge is -2.16. The van der Waals surface area contributed by atoms with E-state index in [9.17, 15) is 0 Å². The lowest BCUT2D eigenvalue weighted by atomic mass is 10.0. The van der Waals surface area contributed by atoms with Crippen molar-refractivity contribution in [2.75, 3.05) is 6.54 Å². The molecule has 1 aromatic carbocycles. The van der Waals surface area contributed by atoms with Gasteiger partial charge in [-0.2, -0.15) is 0 Å². The second kappa shape index (κ2) is 6.70. The number of hydrogen-bond acceptors (Lipinski definition) is 1. The van der Waals surface area contributed by atoms with Crippen LogP contribution in [0.3, 0.4) is 0 Å². The highest BCUT2D eigenvalue weighted by Crippen LogP contribution is 2.14. The minimum absolute atomic E-state index is 0.457. The standard InChI is InChI=1S/C15H25N/c1-5-6-14-7-9-15(10-8-14)13(4)16-11-12(2)3/h7-10,12-13,16H,5-6,11H2,1-4H3. The van der Waals surface area contributed by atoms with Gasteiger partial charge in [-0.3, -0.25) is 0 Å². The van der Waals surface area contributed by atoms with Gasteiger partial charge in [-0.15, -0.1) is 0 Å². The molecule has 0 aliphatic heterocycles. The topological polar surface area (TPSA) is 12.0 Å². The van der Waals surface area contributed by atoms with Crippen LogP contribution in [0.5, 0.6) is 0 Å². The van der Waals surface area contributed by atoms with Crippen LogP contribution in [-0.2, 0) is 6.42 Å². The lowest BCUT2D eigenvalue weighted by Crippen LogP contribution is -2.23. The molecule has 0 amide bonds. The Balaban J connectivity index is 2.52. The number of hydrogen-bond donors (Lipinski definition) is 1. The van der Waals surface area contributed by atoms with E-state index in [1.165, 1.54) is 24.0 Å². The molecule has 0 aliphatic carbocycles. The molecule has 0 heterocycles. The summed E-state index contributed by atoms with van der Waals surface area (Å²) >= 11 is 0. The molecule has 0 aromatic heterocycles. The van der Waals surface area contributed by atoms with Gasteiger partial charge in [0.25, 0.3) is 0 Å². The number of benzene rings is 1. The van der Waals surface area contributed by atoms with Crippen LogP contribution in [0.1, 0.15) is 51.3 Å². The molecule has 0 saturated carbocycles. The summed E-state index contributed by atoms with van der Waals surface area (Å²) in [6.45, 7) is 10.0. The number of nitrogens with one attached hydrogen (secondary N) is 1. The predicted octanol–water partition coefficient (Wildman–Crippen LogP) is 3.95. The molecule has 0 fully saturated rings. The SMILES string of the molecule is CCCc1ccc(C(C)NCC(C)C)cc1. The molecule has 1 atom stereocenters. The number of aryl methyl sites for hydroxylation is 1. The summed E-state index contributed by atoms with van der Waals surface area (Å²) < 4.78 is 0. The molecular formula is C15H25N. The first-order chi connectivity index (χ1) is 7.63. The van der Waals surface area contributed by atoms with Gasteiger partial charge in [-0.1, -0.05) is 51.5 Å². The maximum Gasteiger partial charge on any atom is 0.0291 e. The van der Waals surface area contributed by atoms with Crippen molar-refractivity contribution < 1.29 is 0 Å². The third-order valence-corrected chi connectivity index (χ3v) is 2.85. The van der Waals surface area contributed by atoms with Gasteiger partial charge in [0.15, 0.2) is 0 Å². The minimum Gasteiger partial charge on any atom is -0.310 e. The van der Waals surface area contributed by atoms with Crippen LogP contribution in [0.15, 0.2) is 24.3 Å². The fraction of sp³-hybridized carbons (Fsp3) is 0.600. The smallest absolute Gasteiger partial charge is 0.0291 e. The Bertz CT molecular complexity index is 287. The van der Waals surface area contributed by atoms with Crippen molar-refractivity contribution in [2.45, 2.75) is 46.6 Å². The molecule has 0 aliphatic rings. The highest BCUT2D eigenvalue weighted by molar-refractivity contribution is 5.24. The number of rotatable bonds is 6. The summed E-state index contributed by atoms with van der Waals surface area (Å²) in [7, 11) is 0. The molecule has 1 heteroatoms. The molecule has 1 nitrogen and oxygen atoms in total. The Morgan fingerprint density at radius 1 is 1.06 bits per heavy atom. The minimum atomic E-state index is 0.457. The summed E-state index contributed by atoms with van der Waals surface area (Å²) in [4.78, 5) is 0. The molecule has 0 spiro atoms. The van der Waals surface area contributed by atoms with Crippen molar-refractivity contribution in [1.82, 2.24) is 5.32 Å².